The van der Waals surface area contributed by atoms with Crippen LogP contribution in [0, 0.1) is 0 Å². The minimum atomic E-state index is -1.06. The molecule has 0 saturated carbocycles. The van der Waals surface area contributed by atoms with Crippen molar-refractivity contribution in [2.24, 2.45) is 10.2 Å². The fraction of sp³-hybridized carbons (Fsp3) is 0.200. The number of halogens is 1. The minimum Gasteiger partial charge on any atom is -0.0848 e. The quantitative estimate of drug-likeness (QED) is 0.372. The van der Waals surface area contributed by atoms with E-state index in [1.165, 1.54) is 0 Å². The molecule has 0 amide bonds. The third kappa shape index (κ3) is 3.15. The molecule has 22 heavy (non-hydrogen) atoms. The highest BCUT2D eigenvalue weighted by Crippen LogP contribution is 2.41. The van der Waals surface area contributed by atoms with Crippen molar-refractivity contribution >= 4 is 11.6 Å². The molecule has 0 radical (unpaired) electrons. The lowest BCUT2D eigenvalue weighted by atomic mass is 9.82. The molecule has 0 aliphatic heterocycles. The van der Waals surface area contributed by atoms with E-state index < -0.39 is 11.6 Å². The molecule has 110 valence electrons. The summed E-state index contributed by atoms with van der Waals surface area (Å²) in [6.07, 6.45) is 0. The van der Waals surface area contributed by atoms with E-state index in [0.29, 0.717) is 5.02 Å². The van der Waals surface area contributed by atoms with Gasteiger partial charge in [0.25, 0.3) is 0 Å². The first-order valence-corrected chi connectivity index (χ1v) is 6.91. The highest BCUT2D eigenvalue weighted by Gasteiger charge is 2.36. The molecule has 0 spiro atoms. The van der Waals surface area contributed by atoms with Gasteiger partial charge in [-0.25, -0.2) is 0 Å². The van der Waals surface area contributed by atoms with Crippen molar-refractivity contribution in [2.75, 3.05) is 0 Å². The van der Waals surface area contributed by atoms with E-state index in [1.54, 1.807) is 31.2 Å². The third-order valence-electron chi connectivity index (χ3n) is 3.50. The minimum absolute atomic E-state index is 0.576. The molecule has 0 aromatic heterocycles. The Morgan fingerprint density at radius 2 is 1.64 bits per heavy atom. The Labute approximate surface area is 132 Å². The van der Waals surface area contributed by atoms with Crippen LogP contribution >= 0.6 is 11.6 Å². The fourth-order valence-corrected chi connectivity index (χ4v) is 2.47. The number of azide groups is 2. The fourth-order valence-electron chi connectivity index (χ4n) is 2.34. The molecule has 0 N–H and O–H groups in total. The Kier molecular flexibility index (Phi) is 4.92. The van der Waals surface area contributed by atoms with Gasteiger partial charge in [-0.3, -0.25) is 0 Å². The molecule has 0 saturated heterocycles. The van der Waals surface area contributed by atoms with Crippen molar-refractivity contribution in [1.29, 1.82) is 0 Å². The normalized spacial score (nSPS) is 14.1. The summed E-state index contributed by atoms with van der Waals surface area (Å²) < 4.78 is 0. The highest BCUT2D eigenvalue weighted by atomic mass is 35.5. The molecule has 2 aromatic rings. The van der Waals surface area contributed by atoms with Gasteiger partial charge < -0.3 is 0 Å². The summed E-state index contributed by atoms with van der Waals surface area (Å²) in [6, 6.07) is 15.5. The van der Waals surface area contributed by atoms with Gasteiger partial charge in [0.05, 0.1) is 11.6 Å². The van der Waals surface area contributed by atoms with E-state index in [1.807, 2.05) is 30.3 Å². The molecule has 7 heteroatoms. The first-order chi connectivity index (χ1) is 10.6. The Hall–Kier alpha value is -2.65. The average Bonchev–Trinajstić information content (AvgIpc) is 2.54. The maximum atomic E-state index is 8.98. The summed E-state index contributed by atoms with van der Waals surface area (Å²) in [6.45, 7) is 1.74. The first-order valence-electron chi connectivity index (χ1n) is 6.53. The van der Waals surface area contributed by atoms with Crippen molar-refractivity contribution in [2.45, 2.75) is 18.5 Å². The highest BCUT2D eigenvalue weighted by molar-refractivity contribution is 6.30. The lowest BCUT2D eigenvalue weighted by molar-refractivity contribution is 0.395. The van der Waals surface area contributed by atoms with Gasteiger partial charge in [-0.1, -0.05) is 64.3 Å². The topological polar surface area (TPSA) is 97.5 Å². The predicted octanol–water partition coefficient (Wildman–Crippen LogP) is 5.92. The van der Waals surface area contributed by atoms with Gasteiger partial charge in [0.1, 0.15) is 0 Å². The van der Waals surface area contributed by atoms with E-state index in [2.05, 4.69) is 20.1 Å². The predicted molar refractivity (Wildman–Crippen MR) is 86.3 cm³/mol. The number of nitrogens with zero attached hydrogens (tertiary/aromatic N) is 6. The van der Waals surface area contributed by atoms with Crippen molar-refractivity contribution in [3.8, 4) is 0 Å². The van der Waals surface area contributed by atoms with Crippen LogP contribution in [0.5, 0.6) is 0 Å². The Morgan fingerprint density at radius 1 is 1.00 bits per heavy atom. The van der Waals surface area contributed by atoms with Gasteiger partial charge in [0.2, 0.25) is 0 Å². The molecule has 2 rings (SSSR count). The van der Waals surface area contributed by atoms with Gasteiger partial charge in [-0.2, -0.15) is 0 Å². The molecule has 2 aromatic carbocycles. The lowest BCUT2D eigenvalue weighted by Crippen LogP contribution is -2.26. The van der Waals surface area contributed by atoms with Gasteiger partial charge >= 0.3 is 0 Å². The third-order valence-corrected chi connectivity index (χ3v) is 3.75. The second-order valence-electron chi connectivity index (χ2n) is 4.86. The van der Waals surface area contributed by atoms with Crippen molar-refractivity contribution in [3.05, 3.63) is 91.6 Å². The van der Waals surface area contributed by atoms with Crippen LogP contribution in [-0.2, 0) is 5.54 Å². The molecule has 0 bridgehead atoms. The van der Waals surface area contributed by atoms with E-state index in [9.17, 15) is 0 Å². The van der Waals surface area contributed by atoms with Gasteiger partial charge in [0.15, 0.2) is 0 Å². The van der Waals surface area contributed by atoms with Crippen molar-refractivity contribution in [3.63, 3.8) is 0 Å². The summed E-state index contributed by atoms with van der Waals surface area (Å²) in [7, 11) is 0. The SMILES string of the molecule is C[C@](N=[N+]=[N-])(c1ccc(Cl)cc1)[C@H](N=[N+]=[N-])c1ccccc1. The molecule has 0 fully saturated rings. The second kappa shape index (κ2) is 6.87. The molecule has 0 aliphatic carbocycles. The summed E-state index contributed by atoms with van der Waals surface area (Å²) in [5, 5.41) is 8.37. The number of hydrogen-bond donors (Lipinski definition) is 0. The van der Waals surface area contributed by atoms with Gasteiger partial charge in [-0.15, -0.1) is 0 Å². The van der Waals surface area contributed by atoms with E-state index in [4.69, 9.17) is 22.7 Å². The lowest BCUT2D eigenvalue weighted by Gasteiger charge is -2.31. The largest absolute Gasteiger partial charge is 0.0848 e. The molecule has 6 nitrogen and oxygen atoms in total. The van der Waals surface area contributed by atoms with Crippen LogP contribution in [-0.4, -0.2) is 0 Å². The van der Waals surface area contributed by atoms with Crippen molar-refractivity contribution < 1.29 is 0 Å². The van der Waals surface area contributed by atoms with Crippen LogP contribution < -0.4 is 0 Å². The monoisotopic (exact) mass is 312 g/mol. The van der Waals surface area contributed by atoms with Crippen LogP contribution in [0.15, 0.2) is 64.8 Å². The van der Waals surface area contributed by atoms with Crippen LogP contribution in [0.1, 0.15) is 24.1 Å². The zero-order valence-corrected chi connectivity index (χ0v) is 12.6. The summed E-state index contributed by atoms with van der Waals surface area (Å²) in [5.74, 6) is 0. The molecular formula is C15H13ClN6. The zero-order chi connectivity index (χ0) is 16.0. The molecule has 0 aliphatic rings. The average molecular weight is 313 g/mol. The van der Waals surface area contributed by atoms with Gasteiger partial charge in [-0.05, 0) is 41.2 Å². The number of rotatable bonds is 5. The summed E-state index contributed by atoms with van der Waals surface area (Å²) in [4.78, 5) is 5.86. The summed E-state index contributed by atoms with van der Waals surface area (Å²) in [5.41, 5.74) is 18.3. The molecule has 2 atom stereocenters. The van der Waals surface area contributed by atoms with Crippen LogP contribution in [0.3, 0.4) is 0 Å². The van der Waals surface area contributed by atoms with Crippen LogP contribution in [0.2, 0.25) is 5.02 Å². The van der Waals surface area contributed by atoms with Gasteiger partial charge in [0, 0.05) is 14.8 Å². The molecular weight excluding hydrogens is 300 g/mol. The first kappa shape index (κ1) is 15.7. The van der Waals surface area contributed by atoms with Crippen LogP contribution in [0.25, 0.3) is 20.9 Å². The summed E-state index contributed by atoms with van der Waals surface area (Å²) >= 11 is 5.91. The maximum Gasteiger partial charge on any atom is 0.0834 e. The molecule has 0 unspecified atom stereocenters. The maximum absolute atomic E-state index is 8.98. The second-order valence-corrected chi connectivity index (χ2v) is 5.30. The van der Waals surface area contributed by atoms with E-state index in [-0.39, 0.29) is 0 Å². The number of hydrogen-bond acceptors (Lipinski definition) is 2. The van der Waals surface area contributed by atoms with Crippen LogP contribution in [0.4, 0.5) is 0 Å². The van der Waals surface area contributed by atoms with E-state index >= 15 is 0 Å². The smallest absolute Gasteiger partial charge is 0.0834 e. The molecule has 0 heterocycles. The number of benzene rings is 2. The zero-order valence-electron chi connectivity index (χ0n) is 11.8. The van der Waals surface area contributed by atoms with E-state index in [0.717, 1.165) is 11.1 Å². The standard InChI is InChI=1S/C15H13ClN6/c1-15(20-22-18,12-7-9-13(16)10-8-12)14(19-21-17)11-5-3-2-4-6-11/h2-10,14H,1H3/t14-,15+/m1/s1. The Morgan fingerprint density at radius 3 is 2.18 bits per heavy atom. The Balaban J connectivity index is 2.63. The Bertz CT molecular complexity index is 732. The van der Waals surface area contributed by atoms with Crippen molar-refractivity contribution in [1.82, 2.24) is 0 Å².